The smallest absolute Gasteiger partial charge is 0.282 e. The standard InChI is InChI=1S/C27H27N7O3S/c28-24(35)19-3-1-18(2-4-19)15-34-23-6-5-20(13-21(23)14-30-34)26(36)33-16-22(17-33)31-8-10-32(11-9-31)27(37)25-29-7-12-38-25/h1-7,12-14,22H,8-11,15-17H2,(H2,28,35). The molecule has 38 heavy (non-hydrogen) atoms. The number of aromatic nitrogens is 3. The third-order valence-electron chi connectivity index (χ3n) is 7.34. The summed E-state index contributed by atoms with van der Waals surface area (Å²) in [6, 6.07) is 13.2. The molecule has 0 unspecified atom stereocenters. The maximum atomic E-state index is 13.1. The molecular weight excluding hydrogens is 502 g/mol. The fourth-order valence-corrected chi connectivity index (χ4v) is 5.68. The molecule has 0 atom stereocenters. The van der Waals surface area contributed by atoms with Crippen LogP contribution in [0.3, 0.4) is 0 Å². The van der Waals surface area contributed by atoms with Gasteiger partial charge in [0.15, 0.2) is 5.01 Å². The first kappa shape index (κ1) is 24.3. The number of fused-ring (bicyclic) bond motifs is 1. The maximum absolute atomic E-state index is 13.1. The van der Waals surface area contributed by atoms with Gasteiger partial charge in [-0.1, -0.05) is 12.1 Å². The second-order valence-corrected chi connectivity index (χ2v) is 10.6. The summed E-state index contributed by atoms with van der Waals surface area (Å²) >= 11 is 1.37. The lowest BCUT2D eigenvalue weighted by molar-refractivity contribution is 0.00853. The molecule has 4 heterocycles. The van der Waals surface area contributed by atoms with Crippen molar-refractivity contribution in [1.82, 2.24) is 29.5 Å². The molecule has 0 saturated carbocycles. The second-order valence-electron chi connectivity index (χ2n) is 9.67. The van der Waals surface area contributed by atoms with Gasteiger partial charge in [-0.25, -0.2) is 4.98 Å². The van der Waals surface area contributed by atoms with E-state index in [0.29, 0.717) is 54.9 Å². The Hall–Kier alpha value is -4.09. The average Bonchev–Trinajstić information content (AvgIpc) is 3.58. The van der Waals surface area contributed by atoms with E-state index in [1.165, 1.54) is 11.3 Å². The average molecular weight is 530 g/mol. The molecule has 4 aromatic rings. The molecule has 2 aliphatic heterocycles. The molecule has 2 N–H and O–H groups in total. The molecule has 11 heteroatoms. The Bertz CT molecular complexity index is 1480. The first-order valence-electron chi connectivity index (χ1n) is 12.5. The SMILES string of the molecule is NC(=O)c1ccc(Cn2ncc3cc(C(=O)N4CC(N5CCN(C(=O)c6nccs6)CC5)C4)ccc32)cc1. The quantitative estimate of drug-likeness (QED) is 0.408. The molecule has 0 bridgehead atoms. The van der Waals surface area contributed by atoms with Crippen molar-refractivity contribution in [3.8, 4) is 0 Å². The fraction of sp³-hybridized carbons (Fsp3) is 0.296. The number of piperazine rings is 1. The number of hydrogen-bond donors (Lipinski definition) is 1. The summed E-state index contributed by atoms with van der Waals surface area (Å²) in [5.74, 6) is -0.422. The summed E-state index contributed by atoms with van der Waals surface area (Å²) in [5, 5.41) is 7.77. The highest BCUT2D eigenvalue weighted by Crippen LogP contribution is 2.23. The van der Waals surface area contributed by atoms with Gasteiger partial charge in [-0.15, -0.1) is 11.3 Å². The van der Waals surface area contributed by atoms with Gasteiger partial charge in [-0.3, -0.25) is 24.0 Å². The van der Waals surface area contributed by atoms with Crippen molar-refractivity contribution in [1.29, 1.82) is 0 Å². The zero-order valence-electron chi connectivity index (χ0n) is 20.7. The summed E-state index contributed by atoms with van der Waals surface area (Å²) in [6.07, 6.45) is 3.43. The van der Waals surface area contributed by atoms with E-state index in [4.69, 9.17) is 5.73 Å². The fourth-order valence-electron chi connectivity index (χ4n) is 5.08. The van der Waals surface area contributed by atoms with Crippen LogP contribution in [0.1, 0.15) is 36.1 Å². The Kier molecular flexibility index (Phi) is 6.38. The van der Waals surface area contributed by atoms with Crippen molar-refractivity contribution in [2.75, 3.05) is 39.3 Å². The van der Waals surface area contributed by atoms with Crippen molar-refractivity contribution < 1.29 is 14.4 Å². The van der Waals surface area contributed by atoms with E-state index in [2.05, 4.69) is 15.0 Å². The summed E-state index contributed by atoms with van der Waals surface area (Å²) in [4.78, 5) is 47.2. The molecule has 2 aromatic heterocycles. The highest BCUT2D eigenvalue weighted by molar-refractivity contribution is 7.11. The van der Waals surface area contributed by atoms with E-state index in [-0.39, 0.29) is 11.8 Å². The van der Waals surface area contributed by atoms with Gasteiger partial charge >= 0.3 is 0 Å². The molecule has 2 fully saturated rings. The van der Waals surface area contributed by atoms with Crippen LogP contribution in [0.25, 0.3) is 10.9 Å². The Morgan fingerprint density at radius 1 is 0.921 bits per heavy atom. The molecule has 0 radical (unpaired) electrons. The van der Waals surface area contributed by atoms with Gasteiger partial charge in [0, 0.05) is 73.4 Å². The maximum Gasteiger partial charge on any atom is 0.282 e. The van der Waals surface area contributed by atoms with Crippen LogP contribution in [0.5, 0.6) is 0 Å². The third-order valence-corrected chi connectivity index (χ3v) is 8.10. The van der Waals surface area contributed by atoms with E-state index in [1.54, 1.807) is 24.5 Å². The number of carbonyl (C=O) groups excluding carboxylic acids is 3. The van der Waals surface area contributed by atoms with Crippen LogP contribution in [0.2, 0.25) is 0 Å². The number of amides is 3. The lowest BCUT2D eigenvalue weighted by Crippen LogP contribution is -2.64. The predicted molar refractivity (Wildman–Crippen MR) is 143 cm³/mol. The number of likely N-dealkylation sites (tertiary alicyclic amines) is 1. The molecule has 10 nitrogen and oxygen atoms in total. The molecule has 194 valence electrons. The monoisotopic (exact) mass is 529 g/mol. The topological polar surface area (TPSA) is 118 Å². The van der Waals surface area contributed by atoms with Gasteiger partial charge in [0.25, 0.3) is 11.8 Å². The largest absolute Gasteiger partial charge is 0.366 e. The van der Waals surface area contributed by atoms with Crippen LogP contribution in [0.4, 0.5) is 0 Å². The Morgan fingerprint density at radius 3 is 2.34 bits per heavy atom. The van der Waals surface area contributed by atoms with Gasteiger partial charge in [-0.2, -0.15) is 5.10 Å². The van der Waals surface area contributed by atoms with E-state index in [9.17, 15) is 14.4 Å². The third kappa shape index (κ3) is 4.66. The van der Waals surface area contributed by atoms with Gasteiger partial charge < -0.3 is 15.5 Å². The number of nitrogens with zero attached hydrogens (tertiary/aromatic N) is 6. The zero-order valence-corrected chi connectivity index (χ0v) is 21.5. The molecular formula is C27H27N7O3S. The summed E-state index contributed by atoms with van der Waals surface area (Å²) < 4.78 is 1.88. The molecule has 0 spiro atoms. The lowest BCUT2D eigenvalue weighted by Gasteiger charge is -2.48. The highest BCUT2D eigenvalue weighted by atomic mass is 32.1. The van der Waals surface area contributed by atoms with Crippen molar-refractivity contribution in [3.05, 3.63) is 81.9 Å². The van der Waals surface area contributed by atoms with Crippen LogP contribution >= 0.6 is 11.3 Å². The number of carbonyl (C=O) groups is 3. The first-order valence-corrected chi connectivity index (χ1v) is 13.4. The van der Waals surface area contributed by atoms with Gasteiger partial charge in [-0.05, 0) is 35.9 Å². The highest BCUT2D eigenvalue weighted by Gasteiger charge is 2.37. The van der Waals surface area contributed by atoms with Crippen molar-refractivity contribution in [2.24, 2.45) is 5.73 Å². The number of hydrogen-bond acceptors (Lipinski definition) is 7. The molecule has 2 saturated heterocycles. The number of nitrogens with two attached hydrogens (primary N) is 1. The second kappa shape index (κ2) is 9.99. The minimum absolute atomic E-state index is 0.00442. The number of rotatable bonds is 6. The van der Waals surface area contributed by atoms with Crippen LogP contribution in [-0.2, 0) is 6.54 Å². The van der Waals surface area contributed by atoms with Gasteiger partial charge in [0.1, 0.15) is 0 Å². The summed E-state index contributed by atoms with van der Waals surface area (Å²) in [6.45, 7) is 4.90. The van der Waals surface area contributed by atoms with Gasteiger partial charge in [0.05, 0.1) is 18.3 Å². The minimum atomic E-state index is -0.450. The van der Waals surface area contributed by atoms with Gasteiger partial charge in [0.2, 0.25) is 5.91 Å². The zero-order chi connectivity index (χ0) is 26.2. The van der Waals surface area contributed by atoms with Crippen LogP contribution in [0, 0.1) is 0 Å². The first-order chi connectivity index (χ1) is 18.5. The van der Waals surface area contributed by atoms with E-state index in [0.717, 1.165) is 29.6 Å². The van der Waals surface area contributed by atoms with E-state index in [1.807, 2.05) is 50.2 Å². The van der Waals surface area contributed by atoms with Crippen LogP contribution in [0.15, 0.2) is 60.2 Å². The number of thiazole rings is 1. The molecule has 6 rings (SSSR count). The number of primary amides is 1. The Morgan fingerprint density at radius 2 is 1.66 bits per heavy atom. The lowest BCUT2D eigenvalue weighted by atomic mass is 10.0. The normalized spacial score (nSPS) is 16.5. The summed E-state index contributed by atoms with van der Waals surface area (Å²) in [7, 11) is 0. The van der Waals surface area contributed by atoms with Crippen molar-refractivity contribution in [3.63, 3.8) is 0 Å². The summed E-state index contributed by atoms with van der Waals surface area (Å²) in [5.41, 5.74) is 8.38. The predicted octanol–water partition coefficient (Wildman–Crippen LogP) is 1.92. The molecule has 0 aliphatic carbocycles. The Labute approximate surface area is 223 Å². The minimum Gasteiger partial charge on any atom is -0.366 e. The molecule has 2 aromatic carbocycles. The van der Waals surface area contributed by atoms with Crippen LogP contribution in [-0.4, -0.2) is 92.5 Å². The van der Waals surface area contributed by atoms with Crippen molar-refractivity contribution >= 4 is 40.0 Å². The van der Waals surface area contributed by atoms with E-state index < -0.39 is 5.91 Å². The Balaban J connectivity index is 1.04. The number of benzene rings is 2. The molecule has 2 aliphatic rings. The molecule has 3 amide bonds. The van der Waals surface area contributed by atoms with E-state index >= 15 is 0 Å². The van der Waals surface area contributed by atoms with Crippen molar-refractivity contribution in [2.45, 2.75) is 12.6 Å². The van der Waals surface area contributed by atoms with Crippen LogP contribution < -0.4 is 5.73 Å².